The van der Waals surface area contributed by atoms with Gasteiger partial charge in [0.05, 0.1) is 24.1 Å². The van der Waals surface area contributed by atoms with E-state index in [4.69, 9.17) is 16.3 Å². The van der Waals surface area contributed by atoms with Crippen LogP contribution in [0.25, 0.3) is 0 Å². The molecule has 1 unspecified atom stereocenters. The van der Waals surface area contributed by atoms with Gasteiger partial charge >= 0.3 is 0 Å². The number of nitrogens with one attached hydrogen (secondary N) is 1. The molecule has 0 saturated heterocycles. The van der Waals surface area contributed by atoms with E-state index in [0.717, 1.165) is 11.4 Å². The minimum Gasteiger partial charge on any atom is -0.389 e. The number of aryl methyl sites for hydroxylation is 2. The van der Waals surface area contributed by atoms with Gasteiger partial charge in [0.1, 0.15) is 0 Å². The van der Waals surface area contributed by atoms with Gasteiger partial charge in [-0.1, -0.05) is 11.6 Å². The SMILES string of the molecule is COCC(O)CNc1nc(C)c(C)nc1Cl. The standard InChI is InChI=1S/C10H16ClN3O2/c1-6-7(2)14-10(9(11)13-6)12-4-8(15)5-16-3/h8,15H,4-5H2,1-3H3,(H,12,14). The molecule has 1 aromatic rings. The predicted molar refractivity (Wildman–Crippen MR) is 62.9 cm³/mol. The average molecular weight is 246 g/mol. The predicted octanol–water partition coefficient (Wildman–Crippen LogP) is 1.17. The molecule has 16 heavy (non-hydrogen) atoms. The topological polar surface area (TPSA) is 67.3 Å². The van der Waals surface area contributed by atoms with E-state index in [-0.39, 0.29) is 6.61 Å². The minimum absolute atomic E-state index is 0.267. The molecular formula is C10H16ClN3O2. The van der Waals surface area contributed by atoms with Crippen LogP contribution in [0.4, 0.5) is 5.82 Å². The van der Waals surface area contributed by atoms with E-state index in [0.29, 0.717) is 17.5 Å². The minimum atomic E-state index is -0.593. The summed E-state index contributed by atoms with van der Waals surface area (Å²) >= 11 is 5.91. The van der Waals surface area contributed by atoms with Gasteiger partial charge in [-0.2, -0.15) is 0 Å². The van der Waals surface area contributed by atoms with Crippen LogP contribution in [0.15, 0.2) is 0 Å². The maximum atomic E-state index is 9.45. The smallest absolute Gasteiger partial charge is 0.171 e. The van der Waals surface area contributed by atoms with E-state index in [1.165, 1.54) is 7.11 Å². The Morgan fingerprint density at radius 2 is 2.00 bits per heavy atom. The lowest BCUT2D eigenvalue weighted by atomic mass is 10.3. The highest BCUT2D eigenvalue weighted by Gasteiger charge is 2.09. The van der Waals surface area contributed by atoms with Crippen LogP contribution in [0, 0.1) is 13.8 Å². The zero-order chi connectivity index (χ0) is 12.1. The van der Waals surface area contributed by atoms with Gasteiger partial charge in [0, 0.05) is 13.7 Å². The normalized spacial score (nSPS) is 12.6. The molecule has 0 aromatic carbocycles. The van der Waals surface area contributed by atoms with Crippen LogP contribution in [-0.2, 0) is 4.74 Å². The van der Waals surface area contributed by atoms with Crippen molar-refractivity contribution in [2.75, 3.05) is 25.6 Å². The Morgan fingerprint density at radius 3 is 2.62 bits per heavy atom. The van der Waals surface area contributed by atoms with Crippen LogP contribution < -0.4 is 5.32 Å². The van der Waals surface area contributed by atoms with Crippen LogP contribution in [0.5, 0.6) is 0 Å². The second-order valence-electron chi connectivity index (χ2n) is 3.52. The fraction of sp³-hybridized carbons (Fsp3) is 0.600. The number of ether oxygens (including phenoxy) is 1. The molecule has 1 atom stereocenters. The summed E-state index contributed by atoms with van der Waals surface area (Å²) in [5.41, 5.74) is 1.61. The fourth-order valence-corrected chi connectivity index (χ4v) is 1.39. The summed E-state index contributed by atoms with van der Waals surface area (Å²) in [4.78, 5) is 8.37. The first kappa shape index (κ1) is 13.2. The Hall–Kier alpha value is -0.910. The molecule has 0 amide bonds. The lowest BCUT2D eigenvalue weighted by Gasteiger charge is -2.12. The average Bonchev–Trinajstić information content (AvgIpc) is 2.22. The first-order valence-corrected chi connectivity index (χ1v) is 5.34. The first-order chi connectivity index (χ1) is 7.54. The highest BCUT2D eigenvalue weighted by Crippen LogP contribution is 2.18. The molecule has 0 bridgehead atoms. The van der Waals surface area contributed by atoms with E-state index in [1.54, 1.807) is 0 Å². The molecule has 2 N–H and O–H groups in total. The van der Waals surface area contributed by atoms with Gasteiger partial charge in [-0.25, -0.2) is 9.97 Å². The number of methoxy groups -OCH3 is 1. The van der Waals surface area contributed by atoms with Gasteiger partial charge in [-0.15, -0.1) is 0 Å². The summed E-state index contributed by atoms with van der Waals surface area (Å²) in [5, 5.41) is 12.7. The van der Waals surface area contributed by atoms with Crippen molar-refractivity contribution in [3.8, 4) is 0 Å². The number of aromatic nitrogens is 2. The van der Waals surface area contributed by atoms with E-state index in [9.17, 15) is 5.11 Å². The molecule has 0 saturated carbocycles. The lowest BCUT2D eigenvalue weighted by molar-refractivity contribution is 0.0727. The lowest BCUT2D eigenvalue weighted by Crippen LogP contribution is -2.24. The second kappa shape index (κ2) is 5.98. The van der Waals surface area contributed by atoms with Crippen molar-refractivity contribution in [3.05, 3.63) is 16.5 Å². The van der Waals surface area contributed by atoms with Gasteiger partial charge in [-0.3, -0.25) is 0 Å². The van der Waals surface area contributed by atoms with E-state index in [2.05, 4.69) is 15.3 Å². The summed E-state index contributed by atoms with van der Waals surface area (Å²) in [6.45, 7) is 4.29. The van der Waals surface area contributed by atoms with Crippen molar-refractivity contribution in [3.63, 3.8) is 0 Å². The first-order valence-electron chi connectivity index (χ1n) is 4.96. The molecule has 0 radical (unpaired) electrons. The van der Waals surface area contributed by atoms with Gasteiger partial charge < -0.3 is 15.2 Å². The third-order valence-electron chi connectivity index (χ3n) is 2.13. The third-order valence-corrected chi connectivity index (χ3v) is 2.39. The second-order valence-corrected chi connectivity index (χ2v) is 3.88. The fourth-order valence-electron chi connectivity index (χ4n) is 1.15. The van der Waals surface area contributed by atoms with Gasteiger partial charge in [0.15, 0.2) is 11.0 Å². The van der Waals surface area contributed by atoms with Gasteiger partial charge in [0.2, 0.25) is 0 Å². The van der Waals surface area contributed by atoms with Crippen molar-refractivity contribution < 1.29 is 9.84 Å². The Bertz CT molecular complexity index is 360. The number of aliphatic hydroxyl groups is 1. The number of anilines is 1. The zero-order valence-electron chi connectivity index (χ0n) is 9.62. The molecule has 0 fully saturated rings. The summed E-state index contributed by atoms with van der Waals surface area (Å²) < 4.78 is 4.81. The number of hydrogen-bond donors (Lipinski definition) is 2. The quantitative estimate of drug-likeness (QED) is 0.815. The highest BCUT2D eigenvalue weighted by molar-refractivity contribution is 6.31. The molecule has 90 valence electrons. The number of halogens is 1. The van der Waals surface area contributed by atoms with Crippen LogP contribution in [-0.4, -0.2) is 41.4 Å². The Morgan fingerprint density at radius 1 is 1.38 bits per heavy atom. The zero-order valence-corrected chi connectivity index (χ0v) is 10.4. The molecule has 6 heteroatoms. The number of aliphatic hydroxyl groups excluding tert-OH is 1. The van der Waals surface area contributed by atoms with Crippen LogP contribution >= 0.6 is 11.6 Å². The van der Waals surface area contributed by atoms with Crippen LogP contribution in [0.1, 0.15) is 11.4 Å². The molecule has 0 aliphatic carbocycles. The molecule has 0 aliphatic rings. The van der Waals surface area contributed by atoms with E-state index >= 15 is 0 Å². The third kappa shape index (κ3) is 3.59. The number of hydrogen-bond acceptors (Lipinski definition) is 5. The Kier molecular flexibility index (Phi) is 4.92. The van der Waals surface area contributed by atoms with Crippen molar-refractivity contribution >= 4 is 17.4 Å². The Balaban J connectivity index is 2.63. The maximum absolute atomic E-state index is 9.45. The molecule has 1 aromatic heterocycles. The van der Waals surface area contributed by atoms with Crippen molar-refractivity contribution in [2.45, 2.75) is 20.0 Å². The number of nitrogens with zero attached hydrogens (tertiary/aromatic N) is 2. The summed E-state index contributed by atoms with van der Waals surface area (Å²) in [6.07, 6.45) is -0.593. The summed E-state index contributed by atoms with van der Waals surface area (Å²) in [7, 11) is 1.53. The van der Waals surface area contributed by atoms with Crippen LogP contribution in [0.3, 0.4) is 0 Å². The maximum Gasteiger partial charge on any atom is 0.171 e. The van der Waals surface area contributed by atoms with Crippen molar-refractivity contribution in [2.24, 2.45) is 0 Å². The highest BCUT2D eigenvalue weighted by atomic mass is 35.5. The number of rotatable bonds is 5. The molecule has 0 aliphatic heterocycles. The van der Waals surface area contributed by atoms with E-state index < -0.39 is 6.10 Å². The van der Waals surface area contributed by atoms with Crippen molar-refractivity contribution in [1.29, 1.82) is 0 Å². The van der Waals surface area contributed by atoms with Gasteiger partial charge in [-0.05, 0) is 13.8 Å². The monoisotopic (exact) mass is 245 g/mol. The Labute approximate surface area is 99.8 Å². The summed E-state index contributed by atoms with van der Waals surface area (Å²) in [5.74, 6) is 0.486. The molecule has 5 nitrogen and oxygen atoms in total. The van der Waals surface area contributed by atoms with E-state index in [1.807, 2.05) is 13.8 Å². The van der Waals surface area contributed by atoms with Gasteiger partial charge in [0.25, 0.3) is 0 Å². The molecule has 1 rings (SSSR count). The molecule has 0 spiro atoms. The van der Waals surface area contributed by atoms with Crippen LogP contribution in [0.2, 0.25) is 5.15 Å². The molecular weight excluding hydrogens is 230 g/mol. The van der Waals surface area contributed by atoms with Crippen molar-refractivity contribution in [1.82, 2.24) is 9.97 Å². The summed E-state index contributed by atoms with van der Waals surface area (Å²) in [6, 6.07) is 0. The largest absolute Gasteiger partial charge is 0.389 e. The molecule has 1 heterocycles.